The molecule has 0 spiro atoms. The lowest BCUT2D eigenvalue weighted by molar-refractivity contribution is -0.150. The van der Waals surface area contributed by atoms with Gasteiger partial charge in [0.2, 0.25) is 9.70 Å². The van der Waals surface area contributed by atoms with Crippen molar-refractivity contribution in [3.8, 4) is 0 Å². The van der Waals surface area contributed by atoms with Gasteiger partial charge in [0.05, 0.1) is 0 Å². The van der Waals surface area contributed by atoms with Gasteiger partial charge in [-0.2, -0.15) is 0 Å². The third-order valence-electron chi connectivity index (χ3n) is 3.14. The Morgan fingerprint density at radius 2 is 2.08 bits per heavy atom. The van der Waals surface area contributed by atoms with Crippen LogP contribution in [0.4, 0.5) is 4.79 Å². The van der Waals surface area contributed by atoms with Gasteiger partial charge in [0.15, 0.2) is 0 Å². The van der Waals surface area contributed by atoms with Gasteiger partial charge in [0.1, 0.15) is 30.3 Å². The Bertz CT molecular complexity index is 638. The zero-order valence-corrected chi connectivity index (χ0v) is 15.4. The third-order valence-corrected chi connectivity index (χ3v) is 4.65. The largest absolute Gasteiger partial charge is 0.477 e. The number of carboxylic acid groups (broad SMARTS) is 1. The fourth-order valence-corrected chi connectivity index (χ4v) is 3.47. The monoisotopic (exact) mass is 431 g/mol. The number of halogens is 3. The molecule has 9 nitrogen and oxygen atoms in total. The number of carboxylic acids is 1. The van der Waals surface area contributed by atoms with Crippen LogP contribution in [0.25, 0.3) is 0 Å². The second-order valence-electron chi connectivity index (χ2n) is 4.92. The number of alkyl halides is 3. The molecule has 0 bridgehead atoms. The third kappa shape index (κ3) is 5.06. The maximum absolute atomic E-state index is 12.0. The van der Waals surface area contributed by atoms with Crippen LogP contribution >= 0.6 is 46.6 Å². The number of thioether (sulfide) groups is 1. The van der Waals surface area contributed by atoms with Crippen molar-refractivity contribution in [2.75, 3.05) is 18.9 Å². The van der Waals surface area contributed by atoms with E-state index in [1.165, 1.54) is 17.8 Å². The highest BCUT2D eigenvalue weighted by molar-refractivity contribution is 8.00. The number of fused-ring (bicyclic) bond motifs is 1. The highest BCUT2D eigenvalue weighted by atomic mass is 35.6. The van der Waals surface area contributed by atoms with Crippen molar-refractivity contribution in [3.05, 3.63) is 11.8 Å². The minimum Gasteiger partial charge on any atom is -0.477 e. The molecule has 25 heavy (non-hydrogen) atoms. The molecule has 0 aliphatic carbocycles. The number of alkyl carbamates (subject to hydrolysis) is 1. The van der Waals surface area contributed by atoms with E-state index in [1.54, 1.807) is 0 Å². The standard InChI is InChI=1S/C12H12Cl3N3O6S/c13-12(14,15)4-24-11(23)16-3-6(19)17-7-8(20)18-5(10(21)22)1-2-25-9(7)18/h1,7,9H,2-4H2,(H,16,23)(H,17,19)(H,21,22)/t7-,9+/m1/s1. The van der Waals surface area contributed by atoms with Crippen LogP contribution in [0.5, 0.6) is 0 Å². The summed E-state index contributed by atoms with van der Waals surface area (Å²) in [6, 6.07) is -0.862. The molecule has 13 heteroatoms. The average Bonchev–Trinajstić information content (AvgIpc) is 2.54. The molecular formula is C12H12Cl3N3O6S. The van der Waals surface area contributed by atoms with Crippen molar-refractivity contribution >= 4 is 70.4 Å². The fraction of sp³-hybridized carbons (Fsp3) is 0.500. The maximum Gasteiger partial charge on any atom is 0.407 e. The molecule has 0 aromatic rings. The van der Waals surface area contributed by atoms with Gasteiger partial charge in [-0.3, -0.25) is 14.5 Å². The van der Waals surface area contributed by atoms with Crippen LogP contribution < -0.4 is 10.6 Å². The predicted octanol–water partition coefficient (Wildman–Crippen LogP) is 0.451. The number of ether oxygens (including phenoxy) is 1. The number of β-lactam (4-membered cyclic amide) rings is 1. The van der Waals surface area contributed by atoms with Crippen LogP contribution in [0.2, 0.25) is 0 Å². The Balaban J connectivity index is 1.79. The van der Waals surface area contributed by atoms with Crippen LogP contribution in [-0.2, 0) is 19.1 Å². The lowest BCUT2D eigenvalue weighted by Gasteiger charge is -2.48. The van der Waals surface area contributed by atoms with Crippen LogP contribution in [0, 0.1) is 0 Å². The molecule has 0 saturated carbocycles. The number of nitrogens with zero attached hydrogens (tertiary/aromatic N) is 1. The molecule has 2 atom stereocenters. The summed E-state index contributed by atoms with van der Waals surface area (Å²) in [5.41, 5.74) is -0.104. The molecule has 1 saturated heterocycles. The smallest absolute Gasteiger partial charge is 0.407 e. The Kier molecular flexibility index (Phi) is 6.30. The highest BCUT2D eigenvalue weighted by Crippen LogP contribution is 2.37. The lowest BCUT2D eigenvalue weighted by Crippen LogP contribution is -2.70. The van der Waals surface area contributed by atoms with E-state index in [2.05, 4.69) is 15.4 Å². The summed E-state index contributed by atoms with van der Waals surface area (Å²) in [4.78, 5) is 47.4. The van der Waals surface area contributed by atoms with Crippen molar-refractivity contribution in [2.24, 2.45) is 0 Å². The predicted molar refractivity (Wildman–Crippen MR) is 90.4 cm³/mol. The maximum atomic E-state index is 12.0. The summed E-state index contributed by atoms with van der Waals surface area (Å²) >= 11 is 17.5. The van der Waals surface area contributed by atoms with Crippen molar-refractivity contribution in [2.45, 2.75) is 15.2 Å². The topological polar surface area (TPSA) is 125 Å². The first-order valence-electron chi connectivity index (χ1n) is 6.75. The van der Waals surface area contributed by atoms with E-state index in [4.69, 9.17) is 39.9 Å². The SMILES string of the molecule is O=C(CNC(=O)OCC(Cl)(Cl)Cl)N[C@@H]1C(=O)N2C(C(=O)O)=CCS[C@@H]12. The zero-order chi connectivity index (χ0) is 18.8. The van der Waals surface area contributed by atoms with Crippen molar-refractivity contribution < 1.29 is 29.0 Å². The minimum atomic E-state index is -1.77. The van der Waals surface area contributed by atoms with E-state index in [0.717, 1.165) is 4.90 Å². The number of hydrogen-bond acceptors (Lipinski definition) is 6. The first-order valence-corrected chi connectivity index (χ1v) is 8.93. The number of carbonyl (C=O) groups excluding carboxylic acids is 3. The van der Waals surface area contributed by atoms with Gasteiger partial charge in [0.25, 0.3) is 5.91 Å². The molecule has 0 radical (unpaired) electrons. The van der Waals surface area contributed by atoms with E-state index in [1.807, 2.05) is 0 Å². The molecular weight excluding hydrogens is 421 g/mol. The number of aliphatic carboxylic acids is 1. The number of hydrogen-bond donors (Lipinski definition) is 3. The first kappa shape index (κ1) is 20.0. The summed E-state index contributed by atoms with van der Waals surface area (Å²) in [6.07, 6.45) is 0.466. The number of rotatable bonds is 5. The van der Waals surface area contributed by atoms with Gasteiger partial charge in [-0.1, -0.05) is 34.8 Å². The van der Waals surface area contributed by atoms with E-state index in [-0.39, 0.29) is 5.70 Å². The second kappa shape index (κ2) is 7.90. The van der Waals surface area contributed by atoms with E-state index >= 15 is 0 Å². The summed E-state index contributed by atoms with van der Waals surface area (Å²) in [5.74, 6) is -1.97. The number of nitrogens with one attached hydrogen (secondary N) is 2. The quantitative estimate of drug-likeness (QED) is 0.425. The molecule has 138 valence electrons. The summed E-state index contributed by atoms with van der Waals surface area (Å²) < 4.78 is 2.80. The van der Waals surface area contributed by atoms with Gasteiger partial charge >= 0.3 is 12.1 Å². The van der Waals surface area contributed by atoms with E-state index in [0.29, 0.717) is 5.75 Å². The molecule has 2 aliphatic rings. The molecule has 3 N–H and O–H groups in total. The van der Waals surface area contributed by atoms with Crippen LogP contribution in [-0.4, -0.2) is 68.0 Å². The van der Waals surface area contributed by atoms with Crippen LogP contribution in [0.1, 0.15) is 0 Å². The van der Waals surface area contributed by atoms with E-state index in [9.17, 15) is 19.2 Å². The zero-order valence-electron chi connectivity index (χ0n) is 12.3. The molecule has 1 fully saturated rings. The minimum absolute atomic E-state index is 0.104. The average molecular weight is 433 g/mol. The molecule has 0 unspecified atom stereocenters. The second-order valence-corrected chi connectivity index (χ2v) is 8.58. The van der Waals surface area contributed by atoms with Gasteiger partial charge in [-0.15, -0.1) is 11.8 Å². The Morgan fingerprint density at radius 1 is 1.40 bits per heavy atom. The lowest BCUT2D eigenvalue weighted by atomic mass is 10.1. The normalized spacial score (nSPS) is 22.3. The number of amides is 3. The first-order chi connectivity index (χ1) is 11.6. The number of carbonyl (C=O) groups is 4. The fourth-order valence-electron chi connectivity index (χ4n) is 2.11. The molecule has 2 rings (SSSR count). The Morgan fingerprint density at radius 3 is 2.68 bits per heavy atom. The van der Waals surface area contributed by atoms with Crippen LogP contribution in [0.3, 0.4) is 0 Å². The van der Waals surface area contributed by atoms with Crippen molar-refractivity contribution in [1.29, 1.82) is 0 Å². The molecule has 0 aromatic heterocycles. The van der Waals surface area contributed by atoms with Gasteiger partial charge in [-0.25, -0.2) is 9.59 Å². The molecule has 2 heterocycles. The van der Waals surface area contributed by atoms with Crippen LogP contribution in [0.15, 0.2) is 11.8 Å². The highest BCUT2D eigenvalue weighted by Gasteiger charge is 2.52. The van der Waals surface area contributed by atoms with Gasteiger partial charge < -0.3 is 20.5 Å². The summed E-state index contributed by atoms with van der Waals surface area (Å²) in [5, 5.41) is 13.1. The summed E-state index contributed by atoms with van der Waals surface area (Å²) in [7, 11) is 0. The van der Waals surface area contributed by atoms with Gasteiger partial charge in [-0.05, 0) is 6.08 Å². The Labute approximate surface area is 160 Å². The molecule has 0 aromatic carbocycles. The van der Waals surface area contributed by atoms with Crippen molar-refractivity contribution in [3.63, 3.8) is 0 Å². The van der Waals surface area contributed by atoms with E-state index < -0.39 is 52.2 Å². The van der Waals surface area contributed by atoms with Crippen molar-refractivity contribution in [1.82, 2.24) is 15.5 Å². The Hall–Kier alpha value is -1.36. The molecule has 2 aliphatic heterocycles. The summed E-state index contributed by atoms with van der Waals surface area (Å²) in [6.45, 7) is -0.953. The van der Waals surface area contributed by atoms with Gasteiger partial charge in [0, 0.05) is 5.75 Å². The molecule has 3 amide bonds.